The molecule has 0 aromatic heterocycles. The van der Waals surface area contributed by atoms with Gasteiger partial charge in [0, 0.05) is 36.0 Å². The molecule has 0 radical (unpaired) electrons. The van der Waals surface area contributed by atoms with Crippen LogP contribution in [0.5, 0.6) is 0 Å². The minimum atomic E-state index is -0.487. The van der Waals surface area contributed by atoms with Crippen molar-refractivity contribution in [2.24, 2.45) is 29.4 Å². The molecule has 0 bridgehead atoms. The molecule has 44 heavy (non-hydrogen) atoms. The highest BCUT2D eigenvalue weighted by Crippen LogP contribution is 2.34. The molecule has 5 nitrogen and oxygen atoms in total. The number of thioether (sulfide) groups is 1. The lowest BCUT2D eigenvalue weighted by Crippen LogP contribution is -2.48. The zero-order valence-corrected chi connectivity index (χ0v) is 31.7. The Labute approximate surface area is 282 Å². The molecule has 1 aliphatic rings. The van der Waals surface area contributed by atoms with Crippen molar-refractivity contribution in [3.63, 3.8) is 0 Å². The highest BCUT2D eigenvalue weighted by atomic mass is 35.5. The lowest BCUT2D eigenvalue weighted by Gasteiger charge is -2.37. The van der Waals surface area contributed by atoms with E-state index in [2.05, 4.69) is 76.5 Å². The average molecular weight is 657 g/mol. The van der Waals surface area contributed by atoms with Crippen LogP contribution in [-0.2, 0) is 11.3 Å². The Balaban J connectivity index is 0.00000443. The van der Waals surface area contributed by atoms with Gasteiger partial charge in [-0.15, -0.1) is 11.8 Å². The highest BCUT2D eigenvalue weighted by molar-refractivity contribution is 7.99. The third-order valence-corrected chi connectivity index (χ3v) is 10.7. The van der Waals surface area contributed by atoms with Crippen molar-refractivity contribution in [2.45, 2.75) is 156 Å². The summed E-state index contributed by atoms with van der Waals surface area (Å²) in [4.78, 5) is 17.0. The molecule has 0 heterocycles. The number of hydrogen-bond acceptors (Lipinski definition) is 5. The van der Waals surface area contributed by atoms with Crippen molar-refractivity contribution in [3.05, 3.63) is 28.8 Å². The number of amides is 1. The van der Waals surface area contributed by atoms with E-state index in [1.54, 1.807) is 0 Å². The molecule has 7 heteroatoms. The van der Waals surface area contributed by atoms with Crippen LogP contribution in [0.4, 0.5) is 0 Å². The van der Waals surface area contributed by atoms with E-state index in [-0.39, 0.29) is 17.9 Å². The standard InChI is InChI=1S/C34H59ClN2O2S.C2H6.CH5N/c1-8-11-19-40-32-21-27(15-16-31(32)35)23-37(24(4)5)18-17-30(38)22-28(10-3)34(39)36-33(26(7)9-2)29-14-12-13-25(6)20-29;2*1-2/h15-16,21,24-26,28-30,33,38H,8-14,17-20,22-23H2,1-7H3,(H,36,39);1-2H3;2H2,1H3/t25?,26?,28?,29?,30-,33?;;/m1../s1. The maximum atomic E-state index is 13.5. The van der Waals surface area contributed by atoms with Crippen molar-refractivity contribution < 1.29 is 9.90 Å². The minimum Gasteiger partial charge on any atom is -0.393 e. The summed E-state index contributed by atoms with van der Waals surface area (Å²) in [5.41, 5.74) is 5.76. The smallest absolute Gasteiger partial charge is 0.223 e. The maximum Gasteiger partial charge on any atom is 0.223 e. The van der Waals surface area contributed by atoms with E-state index in [0.29, 0.717) is 30.7 Å². The number of benzene rings is 1. The Bertz CT molecular complexity index is 871. The van der Waals surface area contributed by atoms with Crippen molar-refractivity contribution in [1.82, 2.24) is 10.2 Å². The van der Waals surface area contributed by atoms with Crippen LogP contribution in [0.3, 0.4) is 0 Å². The van der Waals surface area contributed by atoms with Gasteiger partial charge < -0.3 is 16.2 Å². The first-order valence-corrected chi connectivity index (χ1v) is 19.2. The molecular weight excluding hydrogens is 586 g/mol. The zero-order chi connectivity index (χ0) is 33.7. The molecule has 6 atom stereocenters. The third-order valence-electron chi connectivity index (χ3n) is 9.09. The Kier molecular flexibility index (Phi) is 24.9. The lowest BCUT2D eigenvalue weighted by atomic mass is 9.74. The molecule has 258 valence electrons. The van der Waals surface area contributed by atoms with Gasteiger partial charge >= 0.3 is 0 Å². The van der Waals surface area contributed by atoms with Gasteiger partial charge in [-0.05, 0) is 101 Å². The van der Waals surface area contributed by atoms with E-state index in [1.807, 2.05) is 31.7 Å². The van der Waals surface area contributed by atoms with Crippen molar-refractivity contribution in [3.8, 4) is 0 Å². The summed E-state index contributed by atoms with van der Waals surface area (Å²) in [6.07, 6.45) is 9.94. The van der Waals surface area contributed by atoms with E-state index in [0.717, 1.165) is 47.5 Å². The predicted molar refractivity (Wildman–Crippen MR) is 196 cm³/mol. The van der Waals surface area contributed by atoms with Gasteiger partial charge in [-0.25, -0.2) is 0 Å². The molecule has 1 saturated carbocycles. The summed E-state index contributed by atoms with van der Waals surface area (Å²) >= 11 is 8.31. The van der Waals surface area contributed by atoms with Crippen LogP contribution in [0, 0.1) is 23.7 Å². The quantitative estimate of drug-likeness (QED) is 0.108. The zero-order valence-electron chi connectivity index (χ0n) is 30.1. The summed E-state index contributed by atoms with van der Waals surface area (Å²) in [6.45, 7) is 21.2. The summed E-state index contributed by atoms with van der Waals surface area (Å²) in [5.74, 6) is 2.87. The summed E-state index contributed by atoms with van der Waals surface area (Å²) < 4.78 is 0. The van der Waals surface area contributed by atoms with Crippen LogP contribution in [-0.4, -0.2) is 53.4 Å². The van der Waals surface area contributed by atoms with Crippen molar-refractivity contribution >= 4 is 29.3 Å². The van der Waals surface area contributed by atoms with Crippen LogP contribution >= 0.6 is 23.4 Å². The monoisotopic (exact) mass is 655 g/mol. The molecule has 1 amide bonds. The number of aliphatic hydroxyl groups excluding tert-OH is 1. The molecular formula is C37H70ClN3O2S. The van der Waals surface area contributed by atoms with Gasteiger partial charge in [-0.3, -0.25) is 9.69 Å². The van der Waals surface area contributed by atoms with Crippen LogP contribution in [0.1, 0.15) is 132 Å². The number of rotatable bonds is 18. The van der Waals surface area contributed by atoms with Crippen LogP contribution in [0.2, 0.25) is 5.02 Å². The molecule has 0 aliphatic heterocycles. The number of hydrogen-bond donors (Lipinski definition) is 3. The molecule has 1 aromatic rings. The SMILES string of the molecule is CC.CCCCSc1cc(CN(CC[C@@H](O)CC(CC)C(=O)NC(C(C)CC)C2CCCC(C)C2)C(C)C)ccc1Cl.CN. The molecule has 2 rings (SSSR count). The predicted octanol–water partition coefficient (Wildman–Crippen LogP) is 9.57. The first kappa shape index (κ1) is 43.2. The van der Waals surface area contributed by atoms with E-state index in [4.69, 9.17) is 11.6 Å². The Morgan fingerprint density at radius 2 is 1.82 bits per heavy atom. The largest absolute Gasteiger partial charge is 0.393 e. The fourth-order valence-electron chi connectivity index (χ4n) is 6.13. The second-order valence-electron chi connectivity index (χ2n) is 12.8. The summed E-state index contributed by atoms with van der Waals surface area (Å²) in [7, 11) is 1.50. The second kappa shape index (κ2) is 25.3. The van der Waals surface area contributed by atoms with Crippen LogP contribution in [0.15, 0.2) is 23.1 Å². The minimum absolute atomic E-state index is 0.139. The van der Waals surface area contributed by atoms with Gasteiger partial charge in [-0.2, -0.15) is 0 Å². The number of carbonyl (C=O) groups excluding carboxylic acids is 1. The number of aliphatic hydroxyl groups is 1. The molecule has 0 saturated heterocycles. The molecule has 5 unspecified atom stereocenters. The van der Waals surface area contributed by atoms with Gasteiger partial charge in [0.2, 0.25) is 5.91 Å². The molecule has 0 spiro atoms. The second-order valence-corrected chi connectivity index (χ2v) is 14.3. The van der Waals surface area contributed by atoms with E-state index in [1.165, 1.54) is 51.1 Å². The van der Waals surface area contributed by atoms with Gasteiger partial charge in [0.1, 0.15) is 0 Å². The van der Waals surface area contributed by atoms with Gasteiger partial charge in [0.25, 0.3) is 0 Å². The molecule has 1 aromatic carbocycles. The van der Waals surface area contributed by atoms with Crippen molar-refractivity contribution in [1.29, 1.82) is 0 Å². The van der Waals surface area contributed by atoms with E-state index >= 15 is 0 Å². The first-order valence-electron chi connectivity index (χ1n) is 17.8. The lowest BCUT2D eigenvalue weighted by molar-refractivity contribution is -0.128. The van der Waals surface area contributed by atoms with Crippen LogP contribution < -0.4 is 11.1 Å². The Morgan fingerprint density at radius 1 is 1.14 bits per heavy atom. The average Bonchev–Trinajstić information content (AvgIpc) is 3.03. The Morgan fingerprint density at radius 3 is 2.39 bits per heavy atom. The summed E-state index contributed by atoms with van der Waals surface area (Å²) in [5, 5.41) is 15.4. The fraction of sp³-hybridized carbons (Fsp3) is 0.811. The third kappa shape index (κ3) is 16.2. The van der Waals surface area contributed by atoms with Gasteiger partial charge in [0.15, 0.2) is 0 Å². The van der Waals surface area contributed by atoms with E-state index in [9.17, 15) is 9.90 Å². The summed E-state index contributed by atoms with van der Waals surface area (Å²) in [6, 6.07) is 6.97. The topological polar surface area (TPSA) is 78.6 Å². The maximum absolute atomic E-state index is 13.5. The number of unbranched alkanes of at least 4 members (excludes halogenated alkanes) is 1. The van der Waals surface area contributed by atoms with Crippen molar-refractivity contribution in [2.75, 3.05) is 19.3 Å². The first-order chi connectivity index (χ1) is 21.1. The fourth-order valence-corrected chi connectivity index (χ4v) is 7.50. The molecule has 1 fully saturated rings. The number of carbonyl (C=O) groups is 1. The normalized spacial score (nSPS) is 19.2. The van der Waals surface area contributed by atoms with E-state index < -0.39 is 6.10 Å². The molecule has 4 N–H and O–H groups in total. The number of nitrogens with two attached hydrogens (primary N) is 1. The van der Waals surface area contributed by atoms with Crippen LogP contribution in [0.25, 0.3) is 0 Å². The Hall–Kier alpha value is -0.790. The number of nitrogens with zero attached hydrogens (tertiary/aromatic N) is 1. The highest BCUT2D eigenvalue weighted by Gasteiger charge is 2.32. The number of nitrogens with one attached hydrogen (secondary N) is 1. The van der Waals surface area contributed by atoms with Gasteiger partial charge in [-0.1, -0.05) is 91.8 Å². The number of halogens is 1. The molecule has 1 aliphatic carbocycles. The van der Waals surface area contributed by atoms with Gasteiger partial charge in [0.05, 0.1) is 11.1 Å².